The van der Waals surface area contributed by atoms with Gasteiger partial charge in [0, 0.05) is 0 Å². The largest absolute Gasteiger partial charge is 0.625 e. The Balaban J connectivity index is 2.44. The normalized spacial score (nSPS) is 22.5. The summed E-state index contributed by atoms with van der Waals surface area (Å²) in [4.78, 5) is 26.1. The number of halogens is 3. The van der Waals surface area contributed by atoms with Crippen molar-refractivity contribution in [1.82, 2.24) is 9.62 Å². The van der Waals surface area contributed by atoms with E-state index in [9.17, 15) is 18.0 Å². The van der Waals surface area contributed by atoms with Crippen LogP contribution in [0.3, 0.4) is 0 Å². The fraction of sp³-hybridized carbons (Fsp3) is 0.750. The van der Waals surface area contributed by atoms with Gasteiger partial charge in [-0.05, 0) is 32.7 Å². The van der Waals surface area contributed by atoms with E-state index in [1.54, 1.807) is 20.0 Å². The Morgan fingerprint density at radius 2 is 1.73 bits per heavy atom. The lowest BCUT2D eigenvalue weighted by Gasteiger charge is -2.39. The third-order valence-electron chi connectivity index (χ3n) is 4.82. The zero-order valence-corrected chi connectivity index (χ0v) is 19.7. The summed E-state index contributed by atoms with van der Waals surface area (Å²) in [5.41, 5.74) is -1.58. The first-order valence-corrected chi connectivity index (χ1v) is 11.9. The first kappa shape index (κ1) is 25.7. The van der Waals surface area contributed by atoms with Gasteiger partial charge in [-0.25, -0.2) is 0 Å². The number of hydrogen-bond donors (Lipinski definition) is 1. The molecule has 0 aromatic carbocycles. The molecule has 1 N–H and O–H groups in total. The summed E-state index contributed by atoms with van der Waals surface area (Å²) in [5, 5.41) is 0. The molecule has 1 aliphatic carbocycles. The lowest BCUT2D eigenvalue weighted by molar-refractivity contribution is -0.146. The summed E-state index contributed by atoms with van der Waals surface area (Å²) in [7, 11) is -4.46. The molecule has 170 valence electrons. The van der Waals surface area contributed by atoms with Gasteiger partial charge in [0.15, 0.2) is 0 Å². The molecule has 0 amide bonds. The number of rotatable bonds is 7. The minimum atomic E-state index is -4.50. The molecule has 0 bridgehead atoms. The van der Waals surface area contributed by atoms with Crippen LogP contribution < -0.4 is 4.72 Å². The van der Waals surface area contributed by atoms with E-state index in [1.807, 2.05) is 0 Å². The van der Waals surface area contributed by atoms with E-state index in [0.29, 0.717) is 12.8 Å². The summed E-state index contributed by atoms with van der Waals surface area (Å²) >= 11 is 16.8. The standard InChI is InChI=1S/C16H24BCl3N2O7S/c1-3-8-15(12-6-4-5-7-12,21-30(25,26)27-11-16(18,19)20)17-28-13(23)9-22(2)10-14(24)29-17/h3,8,12,21H,4-7,9-11H2,1-2H3/b8-3+. The second-order valence-electron chi connectivity index (χ2n) is 7.33. The molecule has 1 unspecified atom stereocenters. The highest BCUT2D eigenvalue weighted by Gasteiger charge is 2.58. The van der Waals surface area contributed by atoms with E-state index < -0.39 is 45.2 Å². The SMILES string of the molecule is C/C=C/C(NS(=O)(=O)OCC(Cl)(Cl)Cl)(B1OC(=O)CN(C)CC(=O)O1)C1CCCC1. The van der Waals surface area contributed by atoms with Crippen LogP contribution in [-0.4, -0.2) is 68.3 Å². The van der Waals surface area contributed by atoms with Crippen LogP contribution in [-0.2, 0) is 33.4 Å². The number of allylic oxidation sites excluding steroid dienone is 1. The van der Waals surface area contributed by atoms with Gasteiger partial charge in [-0.2, -0.15) is 13.1 Å². The first-order valence-electron chi connectivity index (χ1n) is 9.33. The maximum Gasteiger partial charge on any atom is 0.625 e. The van der Waals surface area contributed by atoms with Crippen LogP contribution in [0, 0.1) is 5.92 Å². The van der Waals surface area contributed by atoms with E-state index in [4.69, 9.17) is 48.3 Å². The van der Waals surface area contributed by atoms with Crippen LogP contribution in [0.2, 0.25) is 0 Å². The summed E-state index contributed by atoms with van der Waals surface area (Å²) in [6.07, 6.45) is 5.99. The Labute approximate surface area is 191 Å². The molecule has 1 atom stereocenters. The summed E-state index contributed by atoms with van der Waals surface area (Å²) in [5.74, 6) is -1.66. The van der Waals surface area contributed by atoms with Crippen molar-refractivity contribution in [2.45, 2.75) is 41.8 Å². The molecule has 0 radical (unpaired) electrons. The number of nitrogens with zero attached hydrogens (tertiary/aromatic N) is 1. The highest BCUT2D eigenvalue weighted by Crippen LogP contribution is 2.38. The van der Waals surface area contributed by atoms with E-state index in [0.717, 1.165) is 12.8 Å². The Morgan fingerprint density at radius 3 is 2.20 bits per heavy atom. The molecule has 1 saturated heterocycles. The zero-order chi connectivity index (χ0) is 22.6. The Hall–Kier alpha value is -0.555. The number of alkyl halides is 3. The van der Waals surface area contributed by atoms with E-state index >= 15 is 0 Å². The number of likely N-dealkylation sites (N-methyl/N-ethyl adjacent to an activating group) is 1. The van der Waals surface area contributed by atoms with Crippen LogP contribution in [0.4, 0.5) is 0 Å². The molecule has 9 nitrogen and oxygen atoms in total. The highest BCUT2D eigenvalue weighted by molar-refractivity contribution is 7.84. The minimum Gasteiger partial charge on any atom is -0.497 e. The lowest BCUT2D eigenvalue weighted by Crippen LogP contribution is -2.66. The van der Waals surface area contributed by atoms with E-state index in [-0.39, 0.29) is 19.0 Å². The molecule has 2 fully saturated rings. The van der Waals surface area contributed by atoms with Gasteiger partial charge in [0.1, 0.15) is 12.0 Å². The van der Waals surface area contributed by atoms with Gasteiger partial charge in [0.2, 0.25) is 3.79 Å². The molecule has 1 heterocycles. The van der Waals surface area contributed by atoms with Crippen LogP contribution in [0.5, 0.6) is 0 Å². The molecule has 0 aromatic rings. The van der Waals surface area contributed by atoms with Gasteiger partial charge in [-0.1, -0.05) is 59.8 Å². The van der Waals surface area contributed by atoms with E-state index in [2.05, 4.69) is 4.72 Å². The average Bonchev–Trinajstić information content (AvgIpc) is 3.12. The third kappa shape index (κ3) is 7.25. The van der Waals surface area contributed by atoms with Crippen LogP contribution >= 0.6 is 34.8 Å². The van der Waals surface area contributed by atoms with Crippen molar-refractivity contribution in [1.29, 1.82) is 0 Å². The fourth-order valence-electron chi connectivity index (χ4n) is 3.67. The van der Waals surface area contributed by atoms with Gasteiger partial charge in [0.05, 0.1) is 13.1 Å². The molecule has 1 saturated carbocycles. The smallest absolute Gasteiger partial charge is 0.497 e. The minimum absolute atomic E-state index is 0.154. The number of carbonyl (C=O) groups is 2. The number of hydrogen-bond acceptors (Lipinski definition) is 8. The van der Waals surface area contributed by atoms with Crippen molar-refractivity contribution in [2.24, 2.45) is 5.92 Å². The second-order valence-corrected chi connectivity index (χ2v) is 11.2. The summed E-state index contributed by atoms with van der Waals surface area (Å²) in [6.45, 7) is 0.622. The van der Waals surface area contributed by atoms with Crippen LogP contribution in [0.15, 0.2) is 12.2 Å². The molecule has 0 spiro atoms. The maximum absolute atomic E-state index is 12.7. The lowest BCUT2D eigenvalue weighted by atomic mass is 9.57. The molecule has 1 aliphatic heterocycles. The molecule has 14 heteroatoms. The molecule has 2 rings (SSSR count). The summed E-state index contributed by atoms with van der Waals surface area (Å²) in [6, 6.07) is 0. The fourth-order valence-corrected chi connectivity index (χ4v) is 5.18. The van der Waals surface area contributed by atoms with Gasteiger partial charge < -0.3 is 9.31 Å². The van der Waals surface area contributed by atoms with Crippen molar-refractivity contribution in [3.05, 3.63) is 12.2 Å². The van der Waals surface area contributed by atoms with Crippen molar-refractivity contribution >= 4 is 64.2 Å². The highest BCUT2D eigenvalue weighted by atomic mass is 35.6. The quantitative estimate of drug-likeness (QED) is 0.317. The topological polar surface area (TPSA) is 111 Å². The predicted molar refractivity (Wildman–Crippen MR) is 113 cm³/mol. The van der Waals surface area contributed by atoms with Gasteiger partial charge >= 0.3 is 29.4 Å². The van der Waals surface area contributed by atoms with Gasteiger partial charge in [-0.15, -0.1) is 0 Å². The molecule has 2 aliphatic rings. The Kier molecular flexibility index (Phi) is 8.89. The van der Waals surface area contributed by atoms with Gasteiger partial charge in [-0.3, -0.25) is 18.7 Å². The van der Waals surface area contributed by atoms with Crippen molar-refractivity contribution < 1.29 is 31.5 Å². The monoisotopic (exact) mass is 504 g/mol. The van der Waals surface area contributed by atoms with Crippen molar-refractivity contribution in [2.75, 3.05) is 26.7 Å². The molecule has 30 heavy (non-hydrogen) atoms. The number of carbonyl (C=O) groups excluding carboxylic acids is 2. The zero-order valence-electron chi connectivity index (χ0n) is 16.6. The second kappa shape index (κ2) is 10.4. The summed E-state index contributed by atoms with van der Waals surface area (Å²) < 4.78 is 41.5. The average molecular weight is 506 g/mol. The Morgan fingerprint density at radius 1 is 1.20 bits per heavy atom. The first-order chi connectivity index (χ1) is 13.9. The van der Waals surface area contributed by atoms with Crippen molar-refractivity contribution in [3.63, 3.8) is 0 Å². The molecular weight excluding hydrogens is 481 g/mol. The Bertz CT molecular complexity index is 751. The maximum atomic E-state index is 12.7. The van der Waals surface area contributed by atoms with Gasteiger partial charge in [0.25, 0.3) is 0 Å². The van der Waals surface area contributed by atoms with E-state index in [1.165, 1.54) is 11.0 Å². The molecular formula is C16H24BCl3N2O7S. The third-order valence-corrected chi connectivity index (χ3v) is 6.18. The molecule has 0 aromatic heterocycles. The van der Waals surface area contributed by atoms with Crippen LogP contribution in [0.25, 0.3) is 0 Å². The van der Waals surface area contributed by atoms with Crippen LogP contribution in [0.1, 0.15) is 32.6 Å². The predicted octanol–water partition coefficient (Wildman–Crippen LogP) is 1.77. The number of nitrogens with one attached hydrogen (secondary N) is 1. The van der Waals surface area contributed by atoms with Crippen molar-refractivity contribution in [3.8, 4) is 0 Å².